The predicted octanol–water partition coefficient (Wildman–Crippen LogP) is 1.61. The molecule has 86 valence electrons. The number of hydrogen-bond donors (Lipinski definition) is 1. The van der Waals surface area contributed by atoms with Crippen molar-refractivity contribution in [2.24, 2.45) is 5.92 Å². The lowest BCUT2D eigenvalue weighted by Gasteiger charge is -2.29. The predicted molar refractivity (Wildman–Crippen MR) is 62.5 cm³/mol. The molecule has 1 aliphatic rings. The summed E-state index contributed by atoms with van der Waals surface area (Å²) in [6.07, 6.45) is 3.87. The lowest BCUT2D eigenvalue weighted by Crippen LogP contribution is -2.49. The van der Waals surface area contributed by atoms with Gasteiger partial charge in [0, 0.05) is 6.54 Å². The average molecular weight is 209 g/mol. The van der Waals surface area contributed by atoms with Crippen LogP contribution in [0.5, 0.6) is 0 Å². The van der Waals surface area contributed by atoms with E-state index in [2.05, 4.69) is 23.2 Å². The van der Waals surface area contributed by atoms with Crippen molar-refractivity contribution in [2.75, 3.05) is 26.7 Å². The molecule has 0 spiro atoms. The Morgan fingerprint density at radius 1 is 1.47 bits per heavy atom. The van der Waals surface area contributed by atoms with Crippen LogP contribution in [-0.4, -0.2) is 37.1 Å². The molecule has 3 heteroatoms. The molecule has 1 aliphatic heterocycles. The molecule has 0 aliphatic carbocycles. The second kappa shape index (κ2) is 5.48. The molecule has 0 aromatic carbocycles. The van der Waals surface area contributed by atoms with Crippen LogP contribution in [0.25, 0.3) is 0 Å². The first-order valence-corrected chi connectivity index (χ1v) is 5.92. The highest BCUT2D eigenvalue weighted by molar-refractivity contribution is 5.05. The summed E-state index contributed by atoms with van der Waals surface area (Å²) in [6, 6.07) is 2.35. The van der Waals surface area contributed by atoms with E-state index in [0.29, 0.717) is 0 Å². The van der Waals surface area contributed by atoms with Gasteiger partial charge in [0.25, 0.3) is 0 Å². The molecule has 1 heterocycles. The topological polar surface area (TPSA) is 39.1 Å². The van der Waals surface area contributed by atoms with Crippen LogP contribution in [0.3, 0.4) is 0 Å². The van der Waals surface area contributed by atoms with Gasteiger partial charge < -0.3 is 10.2 Å². The Morgan fingerprint density at radius 3 is 2.80 bits per heavy atom. The minimum atomic E-state index is -0.395. The van der Waals surface area contributed by atoms with Crippen LogP contribution in [0.2, 0.25) is 0 Å². The largest absolute Gasteiger partial charge is 0.302 e. The van der Waals surface area contributed by atoms with Gasteiger partial charge in [-0.3, -0.25) is 0 Å². The standard InChI is InChI=1S/C12H23N3/c1-11-5-4-7-15(8-6-11)10-12(2,9-13)14-3/h11,14H,4-8,10H2,1-3H3. The molecule has 2 unspecified atom stereocenters. The van der Waals surface area contributed by atoms with E-state index in [1.807, 2.05) is 14.0 Å². The van der Waals surface area contributed by atoms with E-state index in [9.17, 15) is 0 Å². The summed E-state index contributed by atoms with van der Waals surface area (Å²) in [5.74, 6) is 0.845. The van der Waals surface area contributed by atoms with E-state index in [1.165, 1.54) is 19.3 Å². The monoisotopic (exact) mass is 209 g/mol. The second-order valence-corrected chi connectivity index (χ2v) is 5.01. The molecule has 0 aromatic rings. The summed E-state index contributed by atoms with van der Waals surface area (Å²) in [4.78, 5) is 2.42. The molecule has 1 rings (SSSR count). The van der Waals surface area contributed by atoms with Gasteiger partial charge in [-0.05, 0) is 52.2 Å². The maximum Gasteiger partial charge on any atom is 0.116 e. The molecule has 0 radical (unpaired) electrons. The summed E-state index contributed by atoms with van der Waals surface area (Å²) >= 11 is 0. The minimum Gasteiger partial charge on any atom is -0.302 e. The van der Waals surface area contributed by atoms with Gasteiger partial charge in [0.2, 0.25) is 0 Å². The van der Waals surface area contributed by atoms with Crippen LogP contribution in [0.4, 0.5) is 0 Å². The van der Waals surface area contributed by atoms with Crippen molar-refractivity contribution in [3.63, 3.8) is 0 Å². The Bertz CT molecular complexity index is 234. The molecular formula is C12H23N3. The molecule has 1 saturated heterocycles. The van der Waals surface area contributed by atoms with Crippen molar-refractivity contribution in [1.29, 1.82) is 5.26 Å². The molecule has 0 aromatic heterocycles. The number of nitrogens with zero attached hydrogens (tertiary/aromatic N) is 2. The highest BCUT2D eigenvalue weighted by atomic mass is 15.2. The Morgan fingerprint density at radius 2 is 2.20 bits per heavy atom. The van der Waals surface area contributed by atoms with E-state index in [-0.39, 0.29) is 0 Å². The third kappa shape index (κ3) is 3.81. The summed E-state index contributed by atoms with van der Waals surface area (Å²) in [5, 5.41) is 12.2. The van der Waals surface area contributed by atoms with Crippen molar-refractivity contribution < 1.29 is 0 Å². The summed E-state index contributed by atoms with van der Waals surface area (Å²) < 4.78 is 0. The number of hydrogen-bond acceptors (Lipinski definition) is 3. The zero-order valence-corrected chi connectivity index (χ0v) is 10.2. The van der Waals surface area contributed by atoms with Gasteiger partial charge in [-0.2, -0.15) is 5.26 Å². The molecule has 0 amide bonds. The summed E-state index contributed by atoms with van der Waals surface area (Å²) in [5.41, 5.74) is -0.395. The Hall–Kier alpha value is -0.590. The van der Waals surface area contributed by atoms with Gasteiger partial charge in [-0.15, -0.1) is 0 Å². The fourth-order valence-corrected chi connectivity index (χ4v) is 2.10. The van der Waals surface area contributed by atoms with E-state index < -0.39 is 5.54 Å². The summed E-state index contributed by atoms with van der Waals surface area (Å²) in [6.45, 7) is 7.42. The molecule has 0 saturated carbocycles. The van der Waals surface area contributed by atoms with Gasteiger partial charge in [0.1, 0.15) is 5.54 Å². The number of nitriles is 1. The van der Waals surface area contributed by atoms with E-state index in [4.69, 9.17) is 5.26 Å². The normalized spacial score (nSPS) is 27.7. The molecule has 1 fully saturated rings. The third-order valence-electron chi connectivity index (χ3n) is 3.45. The fraction of sp³-hybridized carbons (Fsp3) is 0.917. The Balaban J connectivity index is 2.47. The van der Waals surface area contributed by atoms with Gasteiger partial charge in [0.05, 0.1) is 6.07 Å². The first-order valence-electron chi connectivity index (χ1n) is 5.92. The maximum absolute atomic E-state index is 9.10. The van der Waals surface area contributed by atoms with Gasteiger partial charge in [-0.25, -0.2) is 0 Å². The second-order valence-electron chi connectivity index (χ2n) is 5.01. The molecule has 0 bridgehead atoms. The van der Waals surface area contributed by atoms with Crippen molar-refractivity contribution in [1.82, 2.24) is 10.2 Å². The van der Waals surface area contributed by atoms with Crippen LogP contribution in [0, 0.1) is 17.2 Å². The first-order chi connectivity index (χ1) is 7.09. The molecule has 1 N–H and O–H groups in total. The fourth-order valence-electron chi connectivity index (χ4n) is 2.10. The molecule has 3 nitrogen and oxygen atoms in total. The quantitative estimate of drug-likeness (QED) is 0.767. The maximum atomic E-state index is 9.10. The molecular weight excluding hydrogens is 186 g/mol. The lowest BCUT2D eigenvalue weighted by molar-refractivity contribution is 0.231. The smallest absolute Gasteiger partial charge is 0.116 e. The van der Waals surface area contributed by atoms with Crippen LogP contribution in [0.15, 0.2) is 0 Å². The minimum absolute atomic E-state index is 0.395. The number of likely N-dealkylation sites (N-methyl/N-ethyl adjacent to an activating group) is 1. The number of rotatable bonds is 3. The Kier molecular flexibility index (Phi) is 4.56. The highest BCUT2D eigenvalue weighted by Crippen LogP contribution is 2.17. The van der Waals surface area contributed by atoms with E-state index in [1.54, 1.807) is 0 Å². The van der Waals surface area contributed by atoms with Crippen LogP contribution < -0.4 is 5.32 Å². The van der Waals surface area contributed by atoms with Crippen molar-refractivity contribution >= 4 is 0 Å². The zero-order valence-electron chi connectivity index (χ0n) is 10.2. The first kappa shape index (κ1) is 12.5. The van der Waals surface area contributed by atoms with Crippen LogP contribution >= 0.6 is 0 Å². The summed E-state index contributed by atoms with van der Waals surface area (Å²) in [7, 11) is 1.86. The highest BCUT2D eigenvalue weighted by Gasteiger charge is 2.25. The van der Waals surface area contributed by atoms with Crippen molar-refractivity contribution in [2.45, 2.75) is 38.6 Å². The Labute approximate surface area is 93.5 Å². The van der Waals surface area contributed by atoms with Gasteiger partial charge in [-0.1, -0.05) is 6.92 Å². The molecule has 15 heavy (non-hydrogen) atoms. The lowest BCUT2D eigenvalue weighted by atomic mass is 10.0. The van der Waals surface area contributed by atoms with Crippen molar-refractivity contribution in [3.05, 3.63) is 0 Å². The number of nitrogens with one attached hydrogen (secondary N) is 1. The van der Waals surface area contributed by atoms with Gasteiger partial charge >= 0.3 is 0 Å². The molecule has 2 atom stereocenters. The van der Waals surface area contributed by atoms with E-state index in [0.717, 1.165) is 25.6 Å². The zero-order chi connectivity index (χ0) is 11.3. The van der Waals surface area contributed by atoms with Gasteiger partial charge in [0.15, 0.2) is 0 Å². The number of likely N-dealkylation sites (tertiary alicyclic amines) is 1. The van der Waals surface area contributed by atoms with Crippen molar-refractivity contribution in [3.8, 4) is 6.07 Å². The third-order valence-corrected chi connectivity index (χ3v) is 3.45. The van der Waals surface area contributed by atoms with Crippen LogP contribution in [-0.2, 0) is 0 Å². The van der Waals surface area contributed by atoms with E-state index >= 15 is 0 Å². The SMILES string of the molecule is CNC(C)(C#N)CN1CCCC(C)CC1. The van der Waals surface area contributed by atoms with Crippen LogP contribution in [0.1, 0.15) is 33.1 Å². The average Bonchev–Trinajstić information content (AvgIpc) is 2.44.